The van der Waals surface area contributed by atoms with E-state index in [-0.39, 0.29) is 22.3 Å². The van der Waals surface area contributed by atoms with Gasteiger partial charge in [0, 0.05) is 0 Å². The van der Waals surface area contributed by atoms with Gasteiger partial charge < -0.3 is 5.48 Å². The van der Waals surface area contributed by atoms with Crippen molar-refractivity contribution in [3.8, 4) is 0 Å². The van der Waals surface area contributed by atoms with Crippen LogP contribution in [0, 0.1) is 69.2 Å². The third-order valence-corrected chi connectivity index (χ3v) is 5.62. The molecule has 0 saturated carbocycles. The van der Waals surface area contributed by atoms with Crippen LogP contribution in [0.15, 0.2) is 0 Å². The van der Waals surface area contributed by atoms with Gasteiger partial charge in [-0.15, -0.1) is 0 Å². The quantitative estimate of drug-likeness (QED) is 0.596. The Hall–Kier alpha value is -0.834. The minimum absolute atomic E-state index is 0. The summed E-state index contributed by atoms with van der Waals surface area (Å²) in [6.45, 7) is 22.0. The smallest absolute Gasteiger partial charge is 0.412 e. The molecule has 0 heterocycles. The number of hydrogen-bond donors (Lipinski definition) is 0. The Morgan fingerprint density at radius 1 is 0.455 bits per heavy atom. The van der Waals surface area contributed by atoms with Gasteiger partial charge in [0.25, 0.3) is 0 Å². The van der Waals surface area contributed by atoms with Gasteiger partial charge in [0.05, 0.1) is 0 Å². The molecule has 0 amide bonds. The zero-order valence-electron chi connectivity index (χ0n) is 15.8. The third-order valence-electron chi connectivity index (χ3n) is 5.62. The van der Waals surface area contributed by atoms with E-state index in [9.17, 15) is 0 Å². The number of rotatable bonds is 0. The van der Waals surface area contributed by atoms with Crippen LogP contribution in [0.2, 0.25) is 0 Å². The monoisotopic (exact) mass is 347 g/mol. The first-order valence-corrected chi connectivity index (χ1v) is 7.50. The molecule has 0 saturated heterocycles. The Balaban J connectivity index is 0. The molecule has 1 radical (unpaired) electrons. The van der Waals surface area contributed by atoms with E-state index in [4.69, 9.17) is 0 Å². The molecular weight excluding hydrogens is 315 g/mol. The Bertz CT molecular complexity index is 410. The van der Waals surface area contributed by atoms with Gasteiger partial charge in [-0.2, -0.15) is 55.6 Å². The van der Waals surface area contributed by atoms with Crippen molar-refractivity contribution >= 4 is 0 Å². The first kappa shape index (κ1) is 23.4. The summed E-state index contributed by atoms with van der Waals surface area (Å²) in [5.41, 5.74) is 14.7. The summed E-state index contributed by atoms with van der Waals surface area (Å²) in [6, 6.07) is 0. The normalized spacial score (nSPS) is 9.55. The topological polar surface area (TPSA) is 31.5 Å². The fourth-order valence-electron chi connectivity index (χ4n) is 2.81. The predicted molar refractivity (Wildman–Crippen MR) is 95.1 cm³/mol. The average molecular weight is 347 g/mol. The van der Waals surface area contributed by atoms with Gasteiger partial charge in [0.2, 0.25) is 0 Å². The minimum atomic E-state index is 0. The van der Waals surface area contributed by atoms with Crippen LogP contribution >= 0.6 is 0 Å². The Kier molecular flexibility index (Phi) is 9.28. The van der Waals surface area contributed by atoms with Crippen LogP contribution < -0.4 is 0 Å². The minimum Gasteiger partial charge on any atom is -0.412 e. The van der Waals surface area contributed by atoms with Gasteiger partial charge in [-0.25, -0.2) is 0 Å². The molecule has 0 atom stereocenters. The van der Waals surface area contributed by atoms with Crippen molar-refractivity contribution < 1.29 is 22.3 Å². The fraction of sp³-hybridized carbons (Fsp3) is 0.500. The molecule has 0 bridgehead atoms. The Morgan fingerprint density at radius 2 is 0.591 bits per heavy atom. The summed E-state index contributed by atoms with van der Waals surface area (Å²) in [6.07, 6.45) is 0. The Labute approximate surface area is 147 Å². The van der Waals surface area contributed by atoms with Gasteiger partial charge in [0.1, 0.15) is 0 Å². The molecule has 0 fully saturated rings. The molecule has 0 unspecified atom stereocenters. The van der Waals surface area contributed by atoms with E-state index in [0.29, 0.717) is 0 Å². The van der Waals surface area contributed by atoms with E-state index in [1.165, 1.54) is 55.6 Å². The van der Waals surface area contributed by atoms with E-state index in [1.54, 1.807) is 0 Å². The van der Waals surface area contributed by atoms with Crippen molar-refractivity contribution in [1.29, 1.82) is 0 Å². The van der Waals surface area contributed by atoms with E-state index < -0.39 is 0 Å². The second-order valence-corrected chi connectivity index (χ2v) is 6.25. The summed E-state index contributed by atoms with van der Waals surface area (Å²) in [5.74, 6) is 0. The standard InChI is InChI=1S/2C10H15.Co.H2O/c2*1-6-7(2)9(4)10(5)8(6)3;;/h2*1-5H3;;1H2/q2*-1;+2;. The molecule has 2 aromatic rings. The van der Waals surface area contributed by atoms with Crippen molar-refractivity contribution in [3.63, 3.8) is 0 Å². The van der Waals surface area contributed by atoms with Gasteiger partial charge in [-0.05, 0) is 0 Å². The largest absolute Gasteiger partial charge is 2.00 e. The molecule has 0 aliphatic rings. The Morgan fingerprint density at radius 3 is 0.636 bits per heavy atom. The zero-order valence-corrected chi connectivity index (χ0v) is 16.9. The van der Waals surface area contributed by atoms with Gasteiger partial charge in [-0.1, -0.05) is 69.2 Å². The van der Waals surface area contributed by atoms with Crippen LogP contribution in [0.25, 0.3) is 0 Å². The maximum absolute atomic E-state index is 2.20. The van der Waals surface area contributed by atoms with Crippen molar-refractivity contribution in [2.45, 2.75) is 69.2 Å². The van der Waals surface area contributed by atoms with Crippen LogP contribution in [-0.4, -0.2) is 5.48 Å². The molecular formula is C20H32CoO. The second kappa shape index (κ2) is 8.71. The molecule has 2 rings (SSSR count). The second-order valence-electron chi connectivity index (χ2n) is 6.25. The van der Waals surface area contributed by atoms with E-state index in [1.807, 2.05) is 0 Å². The summed E-state index contributed by atoms with van der Waals surface area (Å²) in [4.78, 5) is 0. The molecule has 1 nitrogen and oxygen atoms in total. The van der Waals surface area contributed by atoms with E-state index >= 15 is 0 Å². The van der Waals surface area contributed by atoms with Crippen molar-refractivity contribution in [3.05, 3.63) is 55.6 Å². The fourth-order valence-corrected chi connectivity index (χ4v) is 2.81. The van der Waals surface area contributed by atoms with Crippen molar-refractivity contribution in [2.75, 3.05) is 0 Å². The molecule has 0 aliphatic heterocycles. The average Bonchev–Trinajstić information content (AvgIpc) is 2.71. The van der Waals surface area contributed by atoms with E-state index in [0.717, 1.165) is 0 Å². The van der Waals surface area contributed by atoms with Gasteiger partial charge in [-0.3, -0.25) is 0 Å². The number of hydrogen-bond acceptors (Lipinski definition) is 0. The summed E-state index contributed by atoms with van der Waals surface area (Å²) < 4.78 is 0. The van der Waals surface area contributed by atoms with Crippen LogP contribution in [0.5, 0.6) is 0 Å². The van der Waals surface area contributed by atoms with Gasteiger partial charge >= 0.3 is 16.8 Å². The third kappa shape index (κ3) is 4.12. The van der Waals surface area contributed by atoms with Crippen LogP contribution in [0.3, 0.4) is 0 Å². The van der Waals surface area contributed by atoms with Crippen LogP contribution in [0.4, 0.5) is 0 Å². The molecule has 2 N–H and O–H groups in total. The molecule has 2 heteroatoms. The predicted octanol–water partition coefficient (Wildman–Crippen LogP) is 5.07. The van der Waals surface area contributed by atoms with Crippen LogP contribution in [0.1, 0.15) is 55.6 Å². The van der Waals surface area contributed by atoms with Crippen LogP contribution in [-0.2, 0) is 16.8 Å². The zero-order chi connectivity index (χ0) is 15.8. The maximum Gasteiger partial charge on any atom is 2.00 e. The summed E-state index contributed by atoms with van der Waals surface area (Å²) in [7, 11) is 0. The summed E-state index contributed by atoms with van der Waals surface area (Å²) >= 11 is 0. The molecule has 0 aromatic heterocycles. The molecule has 0 spiro atoms. The van der Waals surface area contributed by atoms with E-state index in [2.05, 4.69) is 69.2 Å². The first-order valence-electron chi connectivity index (χ1n) is 7.50. The van der Waals surface area contributed by atoms with Crippen molar-refractivity contribution in [1.82, 2.24) is 0 Å². The van der Waals surface area contributed by atoms with Gasteiger partial charge in [0.15, 0.2) is 0 Å². The SMILES string of the molecule is Cc1c(C)c(C)[c-](C)c1C.Cc1c(C)c(C)[c-](C)c1C.O.[Co+2]. The molecule has 2 aromatic carbocycles. The first-order chi connectivity index (χ1) is 9.11. The maximum atomic E-state index is 2.20. The molecule has 127 valence electrons. The molecule has 0 aliphatic carbocycles. The van der Waals surface area contributed by atoms with Crippen molar-refractivity contribution in [2.24, 2.45) is 0 Å². The molecule has 22 heavy (non-hydrogen) atoms. The summed E-state index contributed by atoms with van der Waals surface area (Å²) in [5, 5.41) is 0.